The molecule has 2 aromatic carbocycles. The van der Waals surface area contributed by atoms with Crippen molar-refractivity contribution in [2.24, 2.45) is 0 Å². The van der Waals surface area contributed by atoms with Gasteiger partial charge >= 0.3 is 0 Å². The Morgan fingerprint density at radius 3 is 2.80 bits per heavy atom. The van der Waals surface area contributed by atoms with Gasteiger partial charge in [-0.25, -0.2) is 9.37 Å². The Kier molecular flexibility index (Phi) is 4.79. The summed E-state index contributed by atoms with van der Waals surface area (Å²) in [6.45, 7) is 1.57. The zero-order valence-electron chi connectivity index (χ0n) is 13.8. The molecule has 0 unspecified atom stereocenters. The second-order valence-corrected chi connectivity index (χ2v) is 5.36. The van der Waals surface area contributed by atoms with Crippen LogP contribution in [-0.2, 0) is 6.61 Å². The fraction of sp³-hybridized carbons (Fsp3) is 0.158. The van der Waals surface area contributed by atoms with Crippen LogP contribution in [0.5, 0.6) is 11.5 Å². The molecule has 0 fully saturated rings. The summed E-state index contributed by atoms with van der Waals surface area (Å²) in [7, 11) is 1.54. The minimum atomic E-state index is -0.365. The van der Waals surface area contributed by atoms with Crippen molar-refractivity contribution in [1.82, 2.24) is 4.98 Å². The van der Waals surface area contributed by atoms with Crippen molar-refractivity contribution in [1.29, 1.82) is 0 Å². The number of nitrogens with zero attached hydrogens (tertiary/aromatic N) is 1. The highest BCUT2D eigenvalue weighted by Gasteiger charge is 2.12. The molecule has 0 radical (unpaired) electrons. The first-order chi connectivity index (χ1) is 12.1. The predicted molar refractivity (Wildman–Crippen MR) is 89.2 cm³/mol. The van der Waals surface area contributed by atoms with Crippen molar-refractivity contribution in [2.45, 2.75) is 13.5 Å². The van der Waals surface area contributed by atoms with Crippen LogP contribution in [0.3, 0.4) is 0 Å². The van der Waals surface area contributed by atoms with Crippen LogP contribution in [0.15, 0.2) is 53.1 Å². The number of carbonyl (C=O) groups excluding carboxylic acids is 1. The number of Topliss-reactive ketones (excluding diaryl/α,β-unsaturated/α-hetero) is 1. The third-order valence-electron chi connectivity index (χ3n) is 3.57. The number of carbonyl (C=O) groups is 1. The first-order valence-corrected chi connectivity index (χ1v) is 7.59. The van der Waals surface area contributed by atoms with Gasteiger partial charge in [-0.1, -0.05) is 6.07 Å². The molecule has 3 rings (SSSR count). The van der Waals surface area contributed by atoms with E-state index in [1.807, 2.05) is 0 Å². The number of hydrogen-bond donors (Lipinski definition) is 0. The molecular weight excluding hydrogens is 325 g/mol. The number of benzene rings is 2. The molecule has 1 aromatic heterocycles. The van der Waals surface area contributed by atoms with Crippen LogP contribution >= 0.6 is 0 Å². The number of aromatic nitrogens is 1. The summed E-state index contributed by atoms with van der Waals surface area (Å²) in [5, 5.41) is 0. The van der Waals surface area contributed by atoms with Crippen molar-refractivity contribution in [2.75, 3.05) is 7.11 Å². The highest BCUT2D eigenvalue weighted by molar-refractivity contribution is 5.97. The summed E-state index contributed by atoms with van der Waals surface area (Å²) < 4.78 is 29.5. The van der Waals surface area contributed by atoms with Crippen molar-refractivity contribution >= 4 is 5.78 Å². The van der Waals surface area contributed by atoms with E-state index in [1.54, 1.807) is 30.3 Å². The normalized spacial score (nSPS) is 10.5. The average Bonchev–Trinajstić information content (AvgIpc) is 3.08. The zero-order valence-corrected chi connectivity index (χ0v) is 13.8. The standard InChI is InChI=1S/C19H16FNO4/c1-12(22)17-7-6-16(23-2)9-18(17)24-10-15-11-25-19(21-15)13-4-3-5-14(20)8-13/h3-9,11H,10H2,1-2H3. The number of ether oxygens (including phenoxy) is 2. The maximum atomic E-state index is 13.3. The monoisotopic (exact) mass is 341 g/mol. The fourth-order valence-electron chi connectivity index (χ4n) is 2.32. The van der Waals surface area contributed by atoms with Gasteiger partial charge in [0.2, 0.25) is 5.89 Å². The predicted octanol–water partition coefficient (Wildman–Crippen LogP) is 4.27. The molecule has 0 aliphatic heterocycles. The van der Waals surface area contributed by atoms with Crippen LogP contribution in [0.1, 0.15) is 23.0 Å². The molecule has 0 bridgehead atoms. The lowest BCUT2D eigenvalue weighted by Gasteiger charge is -2.10. The van der Waals surface area contributed by atoms with E-state index in [-0.39, 0.29) is 18.2 Å². The SMILES string of the molecule is COc1ccc(C(C)=O)c(OCc2coc(-c3cccc(F)c3)n2)c1. The lowest BCUT2D eigenvalue weighted by atomic mass is 10.1. The topological polar surface area (TPSA) is 61.6 Å². The van der Waals surface area contributed by atoms with Gasteiger partial charge in [-0.05, 0) is 37.3 Å². The van der Waals surface area contributed by atoms with E-state index in [1.165, 1.54) is 32.4 Å². The quantitative estimate of drug-likeness (QED) is 0.627. The van der Waals surface area contributed by atoms with Crippen LogP contribution in [-0.4, -0.2) is 17.9 Å². The summed E-state index contributed by atoms with van der Waals surface area (Å²) >= 11 is 0. The van der Waals surface area contributed by atoms with Gasteiger partial charge in [0.1, 0.15) is 35.9 Å². The molecule has 0 atom stereocenters. The molecule has 5 nitrogen and oxygen atoms in total. The van der Waals surface area contributed by atoms with Gasteiger partial charge in [-0.15, -0.1) is 0 Å². The van der Waals surface area contributed by atoms with E-state index in [9.17, 15) is 9.18 Å². The molecule has 3 aromatic rings. The molecule has 25 heavy (non-hydrogen) atoms. The fourth-order valence-corrected chi connectivity index (χ4v) is 2.32. The molecule has 0 aliphatic carbocycles. The first-order valence-electron chi connectivity index (χ1n) is 7.59. The van der Waals surface area contributed by atoms with Crippen molar-refractivity contribution in [3.63, 3.8) is 0 Å². The Balaban J connectivity index is 1.77. The van der Waals surface area contributed by atoms with Gasteiger partial charge in [0.05, 0.1) is 12.7 Å². The maximum Gasteiger partial charge on any atom is 0.226 e. The average molecular weight is 341 g/mol. The highest BCUT2D eigenvalue weighted by atomic mass is 19.1. The number of oxazole rings is 1. The zero-order chi connectivity index (χ0) is 17.8. The molecule has 128 valence electrons. The van der Waals surface area contributed by atoms with Gasteiger partial charge in [-0.2, -0.15) is 0 Å². The molecule has 0 aliphatic rings. The van der Waals surface area contributed by atoms with Gasteiger partial charge < -0.3 is 13.9 Å². The Morgan fingerprint density at radius 1 is 1.24 bits per heavy atom. The van der Waals surface area contributed by atoms with Gasteiger partial charge in [0.25, 0.3) is 0 Å². The van der Waals surface area contributed by atoms with Crippen LogP contribution < -0.4 is 9.47 Å². The van der Waals surface area contributed by atoms with Crippen LogP contribution in [0.4, 0.5) is 4.39 Å². The smallest absolute Gasteiger partial charge is 0.226 e. The molecule has 1 heterocycles. The maximum absolute atomic E-state index is 13.3. The third-order valence-corrected chi connectivity index (χ3v) is 3.57. The van der Waals surface area contributed by atoms with Crippen molar-refractivity contribution in [3.05, 3.63) is 65.8 Å². The van der Waals surface area contributed by atoms with E-state index in [0.29, 0.717) is 34.2 Å². The minimum absolute atomic E-state index is 0.103. The molecule has 0 N–H and O–H groups in total. The summed E-state index contributed by atoms with van der Waals surface area (Å²) in [6.07, 6.45) is 1.44. The minimum Gasteiger partial charge on any atom is -0.497 e. The number of hydrogen-bond acceptors (Lipinski definition) is 5. The van der Waals surface area contributed by atoms with E-state index in [4.69, 9.17) is 13.9 Å². The first kappa shape index (κ1) is 16.7. The second kappa shape index (κ2) is 7.17. The highest BCUT2D eigenvalue weighted by Crippen LogP contribution is 2.26. The molecular formula is C19H16FNO4. The summed E-state index contributed by atoms with van der Waals surface area (Å²) in [4.78, 5) is 16.0. The summed E-state index contributed by atoms with van der Waals surface area (Å²) in [5.74, 6) is 0.813. The number of halogens is 1. The number of ketones is 1. The molecule has 0 amide bonds. The Morgan fingerprint density at radius 2 is 2.08 bits per heavy atom. The number of rotatable bonds is 6. The van der Waals surface area contributed by atoms with E-state index < -0.39 is 0 Å². The van der Waals surface area contributed by atoms with Gasteiger partial charge in [0, 0.05) is 11.6 Å². The van der Waals surface area contributed by atoms with Crippen LogP contribution in [0.25, 0.3) is 11.5 Å². The van der Waals surface area contributed by atoms with E-state index in [2.05, 4.69) is 4.98 Å². The molecule has 0 saturated carbocycles. The van der Waals surface area contributed by atoms with Crippen LogP contribution in [0.2, 0.25) is 0 Å². The van der Waals surface area contributed by atoms with Crippen molar-refractivity contribution < 1.29 is 23.1 Å². The molecule has 0 saturated heterocycles. The lowest BCUT2D eigenvalue weighted by Crippen LogP contribution is -2.02. The lowest BCUT2D eigenvalue weighted by molar-refractivity contribution is 0.101. The summed E-state index contributed by atoms with van der Waals surface area (Å²) in [5.41, 5.74) is 1.52. The van der Waals surface area contributed by atoms with E-state index in [0.717, 1.165) is 0 Å². The molecule has 0 spiro atoms. The largest absolute Gasteiger partial charge is 0.497 e. The van der Waals surface area contributed by atoms with Crippen LogP contribution in [0, 0.1) is 5.82 Å². The third kappa shape index (κ3) is 3.85. The van der Waals surface area contributed by atoms with E-state index >= 15 is 0 Å². The van der Waals surface area contributed by atoms with Gasteiger partial charge in [0.15, 0.2) is 5.78 Å². The molecule has 6 heteroatoms. The Bertz CT molecular complexity index is 904. The second-order valence-electron chi connectivity index (χ2n) is 5.36. The number of methoxy groups -OCH3 is 1. The Labute approximate surface area is 144 Å². The summed E-state index contributed by atoms with van der Waals surface area (Å²) in [6, 6.07) is 11.0. The van der Waals surface area contributed by atoms with Gasteiger partial charge in [-0.3, -0.25) is 4.79 Å². The Hall–Kier alpha value is -3.15. The van der Waals surface area contributed by atoms with Crippen molar-refractivity contribution in [3.8, 4) is 23.0 Å².